The maximum Gasteiger partial charge on any atom is 0.255 e. The van der Waals surface area contributed by atoms with E-state index in [0.717, 1.165) is 15.4 Å². The standard InChI is InChI=1S/C18H21N3O4S/c1-14-9-10-16(25-3)17(11-14)26(23,24)21(2)13-18(22)20-19-12-15-7-5-4-6-8-15/h4-12H,13H2,1-3H3,(H,20,22). The predicted octanol–water partition coefficient (Wildman–Crippen LogP) is 1.77. The Morgan fingerprint density at radius 3 is 2.58 bits per heavy atom. The van der Waals surface area contributed by atoms with Crippen LogP contribution < -0.4 is 10.2 Å². The molecule has 2 aromatic rings. The van der Waals surface area contributed by atoms with Crippen molar-refractivity contribution in [1.29, 1.82) is 0 Å². The summed E-state index contributed by atoms with van der Waals surface area (Å²) in [5.74, 6) is -0.320. The van der Waals surface area contributed by atoms with Gasteiger partial charge < -0.3 is 4.74 Å². The minimum Gasteiger partial charge on any atom is -0.495 e. The Morgan fingerprint density at radius 1 is 1.23 bits per heavy atom. The van der Waals surface area contributed by atoms with Gasteiger partial charge in [-0.05, 0) is 30.2 Å². The number of rotatable bonds is 7. The average Bonchev–Trinajstić information content (AvgIpc) is 2.62. The third-order valence-electron chi connectivity index (χ3n) is 3.58. The number of hydrazone groups is 1. The molecule has 0 spiro atoms. The Morgan fingerprint density at radius 2 is 1.92 bits per heavy atom. The van der Waals surface area contributed by atoms with Gasteiger partial charge in [-0.1, -0.05) is 36.4 Å². The van der Waals surface area contributed by atoms with Gasteiger partial charge in [0.15, 0.2) is 0 Å². The molecule has 7 nitrogen and oxygen atoms in total. The first kappa shape index (κ1) is 19.6. The summed E-state index contributed by atoms with van der Waals surface area (Å²) in [4.78, 5) is 12.0. The van der Waals surface area contributed by atoms with Crippen molar-refractivity contribution in [3.63, 3.8) is 0 Å². The number of carbonyl (C=O) groups excluding carboxylic acids is 1. The summed E-state index contributed by atoms with van der Waals surface area (Å²) >= 11 is 0. The first-order valence-corrected chi connectivity index (χ1v) is 9.26. The molecule has 0 radical (unpaired) electrons. The van der Waals surface area contributed by atoms with Crippen molar-refractivity contribution in [2.24, 2.45) is 5.10 Å². The number of hydrogen-bond donors (Lipinski definition) is 1. The summed E-state index contributed by atoms with van der Waals surface area (Å²) in [5, 5.41) is 3.83. The molecule has 0 aliphatic rings. The first-order valence-electron chi connectivity index (χ1n) is 7.82. The molecular weight excluding hydrogens is 354 g/mol. The molecule has 0 unspecified atom stereocenters. The van der Waals surface area contributed by atoms with Crippen LogP contribution in [-0.4, -0.2) is 45.5 Å². The fourth-order valence-electron chi connectivity index (χ4n) is 2.19. The number of ether oxygens (including phenoxy) is 1. The van der Waals surface area contributed by atoms with E-state index in [-0.39, 0.29) is 17.2 Å². The number of nitrogens with zero attached hydrogens (tertiary/aromatic N) is 2. The fraction of sp³-hybridized carbons (Fsp3) is 0.222. The minimum absolute atomic E-state index is 0.0167. The van der Waals surface area contributed by atoms with Crippen molar-refractivity contribution in [3.8, 4) is 5.75 Å². The van der Waals surface area contributed by atoms with Crippen LogP contribution in [0.3, 0.4) is 0 Å². The molecule has 0 heterocycles. The van der Waals surface area contributed by atoms with E-state index in [0.29, 0.717) is 0 Å². The number of hydrogen-bond acceptors (Lipinski definition) is 5. The maximum atomic E-state index is 12.7. The second kappa shape index (κ2) is 8.59. The molecule has 0 aliphatic carbocycles. The molecule has 0 saturated carbocycles. The molecule has 138 valence electrons. The number of aryl methyl sites for hydroxylation is 1. The zero-order valence-corrected chi connectivity index (χ0v) is 15.7. The lowest BCUT2D eigenvalue weighted by Crippen LogP contribution is -2.36. The van der Waals surface area contributed by atoms with Crippen molar-refractivity contribution < 1.29 is 17.9 Å². The number of likely N-dealkylation sites (N-methyl/N-ethyl adjacent to an activating group) is 1. The summed E-state index contributed by atoms with van der Waals surface area (Å²) in [6, 6.07) is 14.1. The summed E-state index contributed by atoms with van der Waals surface area (Å²) < 4.78 is 31.5. The lowest BCUT2D eigenvalue weighted by molar-refractivity contribution is -0.121. The number of nitrogens with one attached hydrogen (secondary N) is 1. The molecule has 2 rings (SSSR count). The van der Waals surface area contributed by atoms with Gasteiger partial charge >= 0.3 is 0 Å². The number of carbonyl (C=O) groups is 1. The van der Waals surface area contributed by atoms with Crippen LogP contribution >= 0.6 is 0 Å². The van der Waals surface area contributed by atoms with Crippen molar-refractivity contribution in [1.82, 2.24) is 9.73 Å². The third-order valence-corrected chi connectivity index (χ3v) is 5.40. The van der Waals surface area contributed by atoms with Crippen LogP contribution in [0, 0.1) is 6.92 Å². The highest BCUT2D eigenvalue weighted by molar-refractivity contribution is 7.89. The minimum atomic E-state index is -3.88. The summed E-state index contributed by atoms with van der Waals surface area (Å²) in [6.07, 6.45) is 1.48. The SMILES string of the molecule is COc1ccc(C)cc1S(=O)(=O)N(C)CC(=O)NN=Cc1ccccc1. The van der Waals surface area contributed by atoms with E-state index in [1.807, 2.05) is 30.3 Å². The second-order valence-electron chi connectivity index (χ2n) is 5.62. The van der Waals surface area contributed by atoms with Crippen LogP contribution in [-0.2, 0) is 14.8 Å². The summed E-state index contributed by atoms with van der Waals surface area (Å²) in [5.41, 5.74) is 3.91. The molecule has 0 fully saturated rings. The van der Waals surface area contributed by atoms with E-state index in [4.69, 9.17) is 4.74 Å². The van der Waals surface area contributed by atoms with E-state index < -0.39 is 15.9 Å². The van der Waals surface area contributed by atoms with E-state index in [1.54, 1.807) is 19.1 Å². The molecule has 8 heteroatoms. The Bertz CT molecular complexity index is 896. The van der Waals surface area contributed by atoms with Crippen molar-refractivity contribution in [2.45, 2.75) is 11.8 Å². The van der Waals surface area contributed by atoms with Gasteiger partial charge in [-0.3, -0.25) is 4.79 Å². The number of benzene rings is 2. The van der Waals surface area contributed by atoms with E-state index in [1.165, 1.54) is 26.4 Å². The van der Waals surface area contributed by atoms with Gasteiger partial charge in [0.1, 0.15) is 10.6 Å². The van der Waals surface area contributed by atoms with Crippen LogP contribution in [0.4, 0.5) is 0 Å². The molecule has 0 aromatic heterocycles. The van der Waals surface area contributed by atoms with E-state index in [2.05, 4.69) is 10.5 Å². The summed E-state index contributed by atoms with van der Waals surface area (Å²) in [7, 11) is -1.15. The third kappa shape index (κ3) is 4.90. The molecule has 26 heavy (non-hydrogen) atoms. The summed E-state index contributed by atoms with van der Waals surface area (Å²) in [6.45, 7) is 1.41. The zero-order chi connectivity index (χ0) is 19.2. The smallest absolute Gasteiger partial charge is 0.255 e. The highest BCUT2D eigenvalue weighted by atomic mass is 32.2. The second-order valence-corrected chi connectivity index (χ2v) is 7.63. The topological polar surface area (TPSA) is 88.1 Å². The normalized spacial score (nSPS) is 11.7. The van der Waals surface area contributed by atoms with Crippen LogP contribution in [0.1, 0.15) is 11.1 Å². The molecule has 1 amide bonds. The maximum absolute atomic E-state index is 12.7. The monoisotopic (exact) mass is 375 g/mol. The molecule has 1 N–H and O–H groups in total. The van der Waals surface area contributed by atoms with Gasteiger partial charge in [-0.2, -0.15) is 9.41 Å². The highest BCUT2D eigenvalue weighted by Gasteiger charge is 2.26. The fourth-order valence-corrected chi connectivity index (χ4v) is 3.56. The average molecular weight is 375 g/mol. The largest absolute Gasteiger partial charge is 0.495 e. The van der Waals surface area contributed by atoms with Crippen molar-refractivity contribution in [2.75, 3.05) is 20.7 Å². The zero-order valence-electron chi connectivity index (χ0n) is 14.8. The Kier molecular flexibility index (Phi) is 6.48. The number of sulfonamides is 1. The van der Waals surface area contributed by atoms with Crippen LogP contribution in [0.5, 0.6) is 5.75 Å². The van der Waals surface area contributed by atoms with Crippen molar-refractivity contribution in [3.05, 3.63) is 59.7 Å². The highest BCUT2D eigenvalue weighted by Crippen LogP contribution is 2.26. The Labute approximate surface area is 153 Å². The van der Waals surface area contributed by atoms with Gasteiger partial charge in [0, 0.05) is 7.05 Å². The quantitative estimate of drug-likeness (QED) is 0.590. The van der Waals surface area contributed by atoms with Gasteiger partial charge in [0.2, 0.25) is 10.0 Å². The Hall–Kier alpha value is -2.71. The molecule has 2 aromatic carbocycles. The first-order chi connectivity index (χ1) is 12.3. The molecule has 0 atom stereocenters. The Balaban J connectivity index is 2.06. The van der Waals surface area contributed by atoms with Gasteiger partial charge in [0.25, 0.3) is 5.91 Å². The lowest BCUT2D eigenvalue weighted by atomic mass is 10.2. The van der Waals surface area contributed by atoms with Crippen LogP contribution in [0.2, 0.25) is 0 Å². The van der Waals surface area contributed by atoms with Crippen molar-refractivity contribution >= 4 is 22.1 Å². The van der Waals surface area contributed by atoms with Crippen LogP contribution in [0.15, 0.2) is 58.5 Å². The molecule has 0 saturated heterocycles. The number of amides is 1. The van der Waals surface area contributed by atoms with Crippen LogP contribution in [0.25, 0.3) is 0 Å². The van der Waals surface area contributed by atoms with E-state index >= 15 is 0 Å². The number of methoxy groups -OCH3 is 1. The molecule has 0 bridgehead atoms. The van der Waals surface area contributed by atoms with Gasteiger partial charge in [-0.15, -0.1) is 0 Å². The molecular formula is C18H21N3O4S. The molecule has 0 aliphatic heterocycles. The van der Waals surface area contributed by atoms with E-state index in [9.17, 15) is 13.2 Å². The lowest BCUT2D eigenvalue weighted by Gasteiger charge is -2.18. The van der Waals surface area contributed by atoms with Gasteiger partial charge in [-0.25, -0.2) is 13.8 Å². The van der Waals surface area contributed by atoms with Gasteiger partial charge in [0.05, 0.1) is 19.9 Å². The predicted molar refractivity (Wildman–Crippen MR) is 99.7 cm³/mol.